The van der Waals surface area contributed by atoms with Gasteiger partial charge < -0.3 is 4.90 Å². The van der Waals surface area contributed by atoms with Gasteiger partial charge >= 0.3 is 0 Å². The van der Waals surface area contributed by atoms with Crippen LogP contribution in [0.1, 0.15) is 19.8 Å². The SMILES string of the molecule is CC(=O)N1C=[C]CCC1. The Kier molecular flexibility index (Phi) is 1.88. The van der Waals surface area contributed by atoms with Crippen LogP contribution in [0.3, 0.4) is 0 Å². The van der Waals surface area contributed by atoms with E-state index in [4.69, 9.17) is 0 Å². The molecule has 1 heterocycles. The fourth-order valence-electron chi connectivity index (χ4n) is 0.839. The highest BCUT2D eigenvalue weighted by Gasteiger charge is 2.06. The third-order valence-electron chi connectivity index (χ3n) is 1.37. The van der Waals surface area contributed by atoms with Gasteiger partial charge in [-0.1, -0.05) is 0 Å². The Balaban J connectivity index is 2.50. The number of rotatable bonds is 0. The van der Waals surface area contributed by atoms with Gasteiger partial charge in [0.2, 0.25) is 5.91 Å². The summed E-state index contributed by atoms with van der Waals surface area (Å²) >= 11 is 0. The van der Waals surface area contributed by atoms with Crippen molar-refractivity contribution in [2.24, 2.45) is 0 Å². The van der Waals surface area contributed by atoms with Crippen LogP contribution in [0, 0.1) is 6.08 Å². The van der Waals surface area contributed by atoms with Gasteiger partial charge in [-0.25, -0.2) is 0 Å². The highest BCUT2D eigenvalue weighted by molar-refractivity contribution is 5.74. The summed E-state index contributed by atoms with van der Waals surface area (Å²) in [7, 11) is 0. The standard InChI is InChI=1S/C7H10NO/c1-7(9)8-5-3-2-4-6-8/h6H,2-3,5H2,1H3. The molecule has 0 saturated heterocycles. The van der Waals surface area contributed by atoms with Gasteiger partial charge in [0, 0.05) is 19.7 Å². The minimum absolute atomic E-state index is 0.113. The van der Waals surface area contributed by atoms with Crippen molar-refractivity contribution in [3.05, 3.63) is 12.3 Å². The first-order valence-electron chi connectivity index (χ1n) is 3.14. The zero-order chi connectivity index (χ0) is 6.69. The monoisotopic (exact) mass is 124 g/mol. The zero-order valence-electron chi connectivity index (χ0n) is 5.55. The normalized spacial score (nSPS) is 18.1. The molecule has 0 bridgehead atoms. The first-order chi connectivity index (χ1) is 4.30. The van der Waals surface area contributed by atoms with Gasteiger partial charge in [0.05, 0.1) is 0 Å². The zero-order valence-corrected chi connectivity index (χ0v) is 5.55. The van der Waals surface area contributed by atoms with E-state index in [-0.39, 0.29) is 5.91 Å². The quantitative estimate of drug-likeness (QED) is 0.470. The molecular formula is C7H10NO. The molecule has 0 aliphatic carbocycles. The third kappa shape index (κ3) is 1.56. The lowest BCUT2D eigenvalue weighted by atomic mass is 10.2. The number of hydrogen-bond acceptors (Lipinski definition) is 1. The predicted octanol–water partition coefficient (Wildman–Crippen LogP) is 0.946. The molecule has 2 heteroatoms. The number of nitrogens with zero attached hydrogens (tertiary/aromatic N) is 1. The smallest absolute Gasteiger partial charge is 0.223 e. The lowest BCUT2D eigenvalue weighted by Gasteiger charge is -2.18. The van der Waals surface area contributed by atoms with Gasteiger partial charge in [0.1, 0.15) is 0 Å². The Hall–Kier alpha value is -0.790. The van der Waals surface area contributed by atoms with Gasteiger partial charge in [0.15, 0.2) is 0 Å². The maximum absolute atomic E-state index is 10.7. The summed E-state index contributed by atoms with van der Waals surface area (Å²) in [5, 5.41) is 0. The van der Waals surface area contributed by atoms with Gasteiger partial charge in [-0.15, -0.1) is 0 Å². The van der Waals surface area contributed by atoms with Crippen LogP contribution in [-0.2, 0) is 4.79 Å². The van der Waals surface area contributed by atoms with E-state index >= 15 is 0 Å². The second-order valence-corrected chi connectivity index (χ2v) is 2.15. The van der Waals surface area contributed by atoms with Crippen LogP contribution < -0.4 is 0 Å². The van der Waals surface area contributed by atoms with E-state index in [0.717, 1.165) is 19.4 Å². The highest BCUT2D eigenvalue weighted by atomic mass is 16.2. The number of carbonyl (C=O) groups excluding carboxylic acids is 1. The van der Waals surface area contributed by atoms with E-state index in [1.165, 1.54) is 0 Å². The van der Waals surface area contributed by atoms with E-state index < -0.39 is 0 Å². The van der Waals surface area contributed by atoms with E-state index in [0.29, 0.717) is 0 Å². The largest absolute Gasteiger partial charge is 0.319 e. The summed E-state index contributed by atoms with van der Waals surface area (Å²) in [6, 6.07) is 0. The molecule has 0 N–H and O–H groups in total. The minimum atomic E-state index is 0.113. The van der Waals surface area contributed by atoms with Crippen molar-refractivity contribution >= 4 is 5.91 Å². The number of amides is 1. The molecular weight excluding hydrogens is 114 g/mol. The van der Waals surface area contributed by atoms with Crippen molar-refractivity contribution in [1.29, 1.82) is 0 Å². The first kappa shape index (κ1) is 6.33. The maximum Gasteiger partial charge on any atom is 0.223 e. The predicted molar refractivity (Wildman–Crippen MR) is 34.4 cm³/mol. The van der Waals surface area contributed by atoms with Crippen LogP contribution in [0.25, 0.3) is 0 Å². The number of allylic oxidation sites excluding steroid dienone is 1. The summed E-state index contributed by atoms with van der Waals surface area (Å²) in [5.41, 5.74) is 0. The number of hydrogen-bond donors (Lipinski definition) is 0. The van der Waals surface area contributed by atoms with E-state index in [2.05, 4.69) is 6.08 Å². The van der Waals surface area contributed by atoms with Crippen molar-refractivity contribution in [3.8, 4) is 0 Å². The minimum Gasteiger partial charge on any atom is -0.319 e. The van der Waals surface area contributed by atoms with Crippen molar-refractivity contribution in [2.45, 2.75) is 19.8 Å². The molecule has 0 fully saturated rings. The maximum atomic E-state index is 10.7. The van der Waals surface area contributed by atoms with Crippen LogP contribution in [0.4, 0.5) is 0 Å². The molecule has 9 heavy (non-hydrogen) atoms. The molecule has 0 aromatic carbocycles. The molecule has 1 amide bonds. The summed E-state index contributed by atoms with van der Waals surface area (Å²) in [6.45, 7) is 2.44. The van der Waals surface area contributed by atoms with Crippen molar-refractivity contribution < 1.29 is 4.79 Å². The molecule has 0 aromatic heterocycles. The molecule has 2 nitrogen and oxygen atoms in total. The second-order valence-electron chi connectivity index (χ2n) is 2.15. The molecule has 1 aliphatic heterocycles. The lowest BCUT2D eigenvalue weighted by Crippen LogP contribution is -2.25. The fourth-order valence-corrected chi connectivity index (χ4v) is 0.839. The third-order valence-corrected chi connectivity index (χ3v) is 1.37. The molecule has 1 aliphatic rings. The van der Waals surface area contributed by atoms with Gasteiger partial charge in [-0.2, -0.15) is 0 Å². The van der Waals surface area contributed by atoms with Crippen molar-refractivity contribution in [2.75, 3.05) is 6.54 Å². The van der Waals surface area contributed by atoms with Crippen molar-refractivity contribution in [3.63, 3.8) is 0 Å². The van der Waals surface area contributed by atoms with Gasteiger partial charge in [-0.3, -0.25) is 4.79 Å². The van der Waals surface area contributed by atoms with Gasteiger partial charge in [0.25, 0.3) is 0 Å². The average Bonchev–Trinajstić information content (AvgIpc) is 1.90. The average molecular weight is 124 g/mol. The topological polar surface area (TPSA) is 20.3 Å². The first-order valence-corrected chi connectivity index (χ1v) is 3.14. The summed E-state index contributed by atoms with van der Waals surface area (Å²) in [5.74, 6) is 0.113. The van der Waals surface area contributed by atoms with Crippen LogP contribution >= 0.6 is 0 Å². The summed E-state index contributed by atoms with van der Waals surface area (Å²) < 4.78 is 0. The van der Waals surface area contributed by atoms with Gasteiger partial charge in [-0.05, 0) is 18.9 Å². The molecule has 1 radical (unpaired) electrons. The van der Waals surface area contributed by atoms with Crippen LogP contribution in [0.2, 0.25) is 0 Å². The molecule has 0 saturated carbocycles. The summed E-state index contributed by atoms with van der Waals surface area (Å²) in [4.78, 5) is 12.3. The highest BCUT2D eigenvalue weighted by Crippen LogP contribution is 2.03. The lowest BCUT2D eigenvalue weighted by molar-refractivity contribution is -0.126. The van der Waals surface area contributed by atoms with E-state index in [9.17, 15) is 4.79 Å². The van der Waals surface area contributed by atoms with Crippen LogP contribution in [-0.4, -0.2) is 17.4 Å². The van der Waals surface area contributed by atoms with E-state index in [1.807, 2.05) is 0 Å². The van der Waals surface area contributed by atoms with Crippen LogP contribution in [0.15, 0.2) is 6.20 Å². The van der Waals surface area contributed by atoms with Crippen molar-refractivity contribution in [1.82, 2.24) is 4.90 Å². The second kappa shape index (κ2) is 2.67. The Morgan fingerprint density at radius 3 is 2.89 bits per heavy atom. The Labute approximate surface area is 55.2 Å². The Bertz CT molecular complexity index is 140. The van der Waals surface area contributed by atoms with E-state index in [1.54, 1.807) is 18.0 Å². The Morgan fingerprint density at radius 1 is 1.78 bits per heavy atom. The van der Waals surface area contributed by atoms with Crippen LogP contribution in [0.5, 0.6) is 0 Å². The summed E-state index contributed by atoms with van der Waals surface area (Å²) in [6.07, 6.45) is 6.78. The molecule has 1 rings (SSSR count). The Morgan fingerprint density at radius 2 is 2.56 bits per heavy atom. The molecule has 49 valence electrons. The molecule has 0 aromatic rings. The molecule has 0 unspecified atom stereocenters. The fraction of sp³-hybridized carbons (Fsp3) is 0.571. The molecule has 0 spiro atoms. The number of carbonyl (C=O) groups is 1. The molecule has 0 atom stereocenters.